The predicted molar refractivity (Wildman–Crippen MR) is 67.1 cm³/mol. The third-order valence-corrected chi connectivity index (χ3v) is 3.68. The van der Waals surface area contributed by atoms with Crippen molar-refractivity contribution in [2.45, 2.75) is 4.90 Å². The molecule has 0 amide bonds. The fraction of sp³-hybridized carbons (Fsp3) is 0. The van der Waals surface area contributed by atoms with Gasteiger partial charge in [0.15, 0.2) is 4.90 Å². The van der Waals surface area contributed by atoms with Crippen LogP contribution in [0.3, 0.4) is 0 Å². The Morgan fingerprint density at radius 3 is 2.67 bits per heavy atom. The van der Waals surface area contributed by atoms with Gasteiger partial charge in [-0.25, -0.2) is 13.4 Å². The summed E-state index contributed by atoms with van der Waals surface area (Å²) in [6.45, 7) is 0. The number of aromatic amines is 1. The molecule has 6 nitrogen and oxygen atoms in total. The summed E-state index contributed by atoms with van der Waals surface area (Å²) in [7, 11) is -3.93. The standard InChI is InChI=1S/C10H8ClN3O3S/c11-10-2-1-7(5-13-10)14-18(16,17)9-6-12-4-3-8(9)15/h1-6,14H,(H,12,15). The van der Waals surface area contributed by atoms with Gasteiger partial charge in [0, 0.05) is 18.5 Å². The molecule has 0 bridgehead atoms. The van der Waals surface area contributed by atoms with Crippen LogP contribution in [-0.2, 0) is 10.0 Å². The number of nitrogens with one attached hydrogen (secondary N) is 2. The third-order valence-electron chi connectivity index (χ3n) is 2.06. The van der Waals surface area contributed by atoms with Crippen LogP contribution in [0.25, 0.3) is 0 Å². The number of nitrogens with zero attached hydrogens (tertiary/aromatic N) is 1. The highest BCUT2D eigenvalue weighted by molar-refractivity contribution is 7.92. The molecule has 18 heavy (non-hydrogen) atoms. The SMILES string of the molecule is O=c1cc[nH]cc1S(=O)(=O)Nc1ccc(Cl)nc1. The number of pyridine rings is 2. The molecular weight excluding hydrogens is 278 g/mol. The molecule has 2 aromatic rings. The van der Waals surface area contributed by atoms with Gasteiger partial charge in [0.25, 0.3) is 10.0 Å². The van der Waals surface area contributed by atoms with Crippen molar-refractivity contribution in [2.75, 3.05) is 4.72 Å². The monoisotopic (exact) mass is 285 g/mol. The summed E-state index contributed by atoms with van der Waals surface area (Å²) in [5, 5.41) is 0.246. The van der Waals surface area contributed by atoms with E-state index in [1.807, 2.05) is 0 Å². The van der Waals surface area contributed by atoms with E-state index in [4.69, 9.17) is 11.6 Å². The molecule has 0 unspecified atom stereocenters. The van der Waals surface area contributed by atoms with Crippen molar-refractivity contribution in [3.63, 3.8) is 0 Å². The van der Waals surface area contributed by atoms with Crippen LogP contribution in [0.5, 0.6) is 0 Å². The summed E-state index contributed by atoms with van der Waals surface area (Å²) < 4.78 is 26.1. The van der Waals surface area contributed by atoms with Gasteiger partial charge in [-0.3, -0.25) is 9.52 Å². The molecule has 94 valence electrons. The number of halogens is 1. The molecule has 2 aromatic heterocycles. The molecule has 0 saturated carbocycles. The van der Waals surface area contributed by atoms with Gasteiger partial charge in [0.05, 0.1) is 11.9 Å². The average molecular weight is 286 g/mol. The van der Waals surface area contributed by atoms with E-state index in [0.29, 0.717) is 0 Å². The Bertz CT molecular complexity index is 710. The van der Waals surface area contributed by atoms with Crippen LogP contribution in [0.15, 0.2) is 46.5 Å². The number of rotatable bonds is 3. The molecule has 0 aromatic carbocycles. The molecule has 2 N–H and O–H groups in total. The number of aromatic nitrogens is 2. The highest BCUT2D eigenvalue weighted by Crippen LogP contribution is 2.13. The predicted octanol–water partition coefficient (Wildman–Crippen LogP) is 1.22. The lowest BCUT2D eigenvalue weighted by molar-refractivity contribution is 0.600. The Morgan fingerprint density at radius 1 is 1.28 bits per heavy atom. The second-order valence-electron chi connectivity index (χ2n) is 3.35. The van der Waals surface area contributed by atoms with Crippen molar-refractivity contribution in [3.05, 3.63) is 52.2 Å². The molecule has 0 fully saturated rings. The molecule has 0 atom stereocenters. The molecule has 0 aliphatic rings. The van der Waals surface area contributed by atoms with Gasteiger partial charge < -0.3 is 4.98 Å². The van der Waals surface area contributed by atoms with Crippen LogP contribution < -0.4 is 10.2 Å². The zero-order valence-corrected chi connectivity index (χ0v) is 10.5. The largest absolute Gasteiger partial charge is 0.366 e. The summed E-state index contributed by atoms with van der Waals surface area (Å²) in [6.07, 6.45) is 3.73. The molecule has 2 rings (SSSR count). The topological polar surface area (TPSA) is 91.9 Å². The maximum atomic E-state index is 11.9. The maximum absolute atomic E-state index is 11.9. The minimum absolute atomic E-state index is 0.225. The Labute approximate surface area is 108 Å². The normalized spacial score (nSPS) is 11.2. The molecule has 0 spiro atoms. The first-order valence-corrected chi connectivity index (χ1v) is 6.67. The van der Waals surface area contributed by atoms with Crippen molar-refractivity contribution in [1.29, 1.82) is 0 Å². The van der Waals surface area contributed by atoms with E-state index < -0.39 is 15.5 Å². The van der Waals surface area contributed by atoms with Crippen molar-refractivity contribution >= 4 is 27.3 Å². The van der Waals surface area contributed by atoms with E-state index in [1.54, 1.807) is 0 Å². The van der Waals surface area contributed by atoms with Gasteiger partial charge in [0.1, 0.15) is 5.15 Å². The third kappa shape index (κ3) is 2.69. The zero-order chi connectivity index (χ0) is 13.2. The maximum Gasteiger partial charge on any atom is 0.267 e. The minimum Gasteiger partial charge on any atom is -0.366 e. The second-order valence-corrected chi connectivity index (χ2v) is 5.39. The first-order chi connectivity index (χ1) is 8.49. The van der Waals surface area contributed by atoms with Crippen molar-refractivity contribution in [1.82, 2.24) is 9.97 Å². The number of H-pyrrole nitrogens is 1. The van der Waals surface area contributed by atoms with Crippen molar-refractivity contribution in [3.8, 4) is 0 Å². The quantitative estimate of drug-likeness (QED) is 0.830. The summed E-state index contributed by atoms with van der Waals surface area (Å²) in [4.78, 5) is 17.4. The van der Waals surface area contributed by atoms with E-state index in [1.165, 1.54) is 24.5 Å². The molecule has 0 aliphatic heterocycles. The van der Waals surface area contributed by atoms with Crippen molar-refractivity contribution in [2.24, 2.45) is 0 Å². The van der Waals surface area contributed by atoms with E-state index in [2.05, 4.69) is 14.7 Å². The van der Waals surface area contributed by atoms with Gasteiger partial charge in [-0.15, -0.1) is 0 Å². The molecule has 0 aliphatic carbocycles. The van der Waals surface area contributed by atoms with Crippen molar-refractivity contribution < 1.29 is 8.42 Å². The van der Waals surface area contributed by atoms with E-state index in [9.17, 15) is 13.2 Å². The number of sulfonamides is 1. The van der Waals surface area contributed by atoms with Gasteiger partial charge in [0.2, 0.25) is 5.43 Å². The highest BCUT2D eigenvalue weighted by atomic mass is 35.5. The van der Waals surface area contributed by atoms with Crippen LogP contribution in [0.1, 0.15) is 0 Å². The van der Waals surface area contributed by atoms with Gasteiger partial charge >= 0.3 is 0 Å². The number of anilines is 1. The van der Waals surface area contributed by atoms with Gasteiger partial charge in [-0.2, -0.15) is 0 Å². The van der Waals surface area contributed by atoms with Crippen LogP contribution in [0, 0.1) is 0 Å². The second kappa shape index (κ2) is 4.79. The van der Waals surface area contributed by atoms with E-state index >= 15 is 0 Å². The highest BCUT2D eigenvalue weighted by Gasteiger charge is 2.17. The van der Waals surface area contributed by atoms with Crippen LogP contribution in [0.2, 0.25) is 5.15 Å². The van der Waals surface area contributed by atoms with Crippen LogP contribution in [0.4, 0.5) is 5.69 Å². The fourth-order valence-electron chi connectivity index (χ4n) is 1.26. The van der Waals surface area contributed by atoms with E-state index in [-0.39, 0.29) is 15.7 Å². The first-order valence-electron chi connectivity index (χ1n) is 4.80. The molecule has 0 radical (unpaired) electrons. The smallest absolute Gasteiger partial charge is 0.267 e. The average Bonchev–Trinajstić information content (AvgIpc) is 2.32. The zero-order valence-electron chi connectivity index (χ0n) is 8.92. The van der Waals surface area contributed by atoms with Gasteiger partial charge in [-0.05, 0) is 12.1 Å². The molecule has 8 heteroatoms. The van der Waals surface area contributed by atoms with Gasteiger partial charge in [-0.1, -0.05) is 11.6 Å². The fourth-order valence-corrected chi connectivity index (χ4v) is 2.47. The number of hydrogen-bond acceptors (Lipinski definition) is 4. The Kier molecular flexibility index (Phi) is 3.35. The summed E-state index contributed by atoms with van der Waals surface area (Å²) in [6, 6.07) is 4.02. The molecule has 2 heterocycles. The summed E-state index contributed by atoms with van der Waals surface area (Å²) in [5.41, 5.74) is -0.370. The lowest BCUT2D eigenvalue weighted by atomic mass is 10.4. The van der Waals surface area contributed by atoms with E-state index in [0.717, 1.165) is 12.3 Å². The lowest BCUT2D eigenvalue weighted by Crippen LogP contribution is -2.20. The Hall–Kier alpha value is -1.86. The molecular formula is C10H8ClN3O3S. The lowest BCUT2D eigenvalue weighted by Gasteiger charge is -2.06. The summed E-state index contributed by atoms with van der Waals surface area (Å²) >= 11 is 5.58. The molecule has 0 saturated heterocycles. The summed E-state index contributed by atoms with van der Waals surface area (Å²) in [5.74, 6) is 0. The van der Waals surface area contributed by atoms with Crippen LogP contribution in [-0.4, -0.2) is 18.4 Å². The van der Waals surface area contributed by atoms with Crippen LogP contribution >= 0.6 is 11.6 Å². The first kappa shape index (κ1) is 12.6. The number of hydrogen-bond donors (Lipinski definition) is 2. The Morgan fingerprint density at radius 2 is 2.06 bits per heavy atom. The minimum atomic E-state index is -3.93. The Balaban J connectivity index is 2.36.